The van der Waals surface area contributed by atoms with E-state index in [1.165, 1.54) is 6.39 Å². The number of anilines is 1. The highest BCUT2D eigenvalue weighted by molar-refractivity contribution is 6.06. The Morgan fingerprint density at radius 2 is 2.00 bits per heavy atom. The van der Waals surface area contributed by atoms with Gasteiger partial charge in [0.05, 0.1) is 0 Å². The molecule has 1 N–H and O–H groups in total. The first-order chi connectivity index (χ1) is 11.7. The number of rotatable bonds is 3. The maximum absolute atomic E-state index is 12.5. The van der Waals surface area contributed by atoms with Gasteiger partial charge in [0.2, 0.25) is 12.3 Å². The second-order valence-corrected chi connectivity index (χ2v) is 5.33. The molecule has 2 aromatic carbocycles. The first kappa shape index (κ1) is 14.2. The Morgan fingerprint density at radius 3 is 2.79 bits per heavy atom. The molecule has 2 aromatic heterocycles. The lowest BCUT2D eigenvalue weighted by molar-refractivity contribution is 0.0998. The molecule has 0 aliphatic heterocycles. The number of para-hydroxylation sites is 1. The molecule has 6 heteroatoms. The highest BCUT2D eigenvalue weighted by atomic mass is 16.4. The third-order valence-electron chi connectivity index (χ3n) is 3.78. The van der Waals surface area contributed by atoms with Crippen LogP contribution in [-0.4, -0.2) is 16.1 Å². The van der Waals surface area contributed by atoms with Crippen molar-refractivity contribution in [3.63, 3.8) is 0 Å². The number of hydrogen-bond acceptors (Lipinski definition) is 5. The van der Waals surface area contributed by atoms with Gasteiger partial charge in [0.1, 0.15) is 5.58 Å². The molecule has 4 rings (SSSR count). The van der Waals surface area contributed by atoms with Crippen LogP contribution in [-0.2, 0) is 0 Å². The van der Waals surface area contributed by atoms with E-state index in [1.807, 2.05) is 37.3 Å². The minimum Gasteiger partial charge on any atom is -0.451 e. The molecule has 0 fully saturated rings. The summed E-state index contributed by atoms with van der Waals surface area (Å²) in [6.45, 7) is 1.87. The van der Waals surface area contributed by atoms with Gasteiger partial charge in [-0.2, -0.15) is 0 Å². The number of carbonyl (C=O) groups is 1. The van der Waals surface area contributed by atoms with Gasteiger partial charge in [0.25, 0.3) is 5.91 Å². The van der Waals surface area contributed by atoms with Gasteiger partial charge in [-0.25, -0.2) is 0 Å². The minimum absolute atomic E-state index is 0.300. The molecule has 0 spiro atoms. The lowest BCUT2D eigenvalue weighted by Crippen LogP contribution is -2.12. The van der Waals surface area contributed by atoms with Crippen LogP contribution in [0.2, 0.25) is 0 Å². The molecular formula is C18H13N3O3. The number of benzene rings is 2. The minimum atomic E-state index is -0.300. The van der Waals surface area contributed by atoms with E-state index in [0.717, 1.165) is 16.5 Å². The van der Waals surface area contributed by atoms with Crippen LogP contribution < -0.4 is 5.32 Å². The van der Waals surface area contributed by atoms with Crippen LogP contribution in [0.25, 0.3) is 22.4 Å². The molecule has 0 saturated carbocycles. The maximum atomic E-state index is 12.5. The van der Waals surface area contributed by atoms with Crippen molar-refractivity contribution in [2.24, 2.45) is 0 Å². The summed E-state index contributed by atoms with van der Waals surface area (Å²) in [5.74, 6) is 0.400. The first-order valence-corrected chi connectivity index (χ1v) is 7.38. The summed E-state index contributed by atoms with van der Waals surface area (Å²) < 4.78 is 10.9. The second-order valence-electron chi connectivity index (χ2n) is 5.33. The average Bonchev–Trinajstić information content (AvgIpc) is 3.24. The molecule has 0 aliphatic rings. The zero-order valence-corrected chi connectivity index (χ0v) is 12.8. The number of furan rings is 1. The fraction of sp³-hybridized carbons (Fsp3) is 0.0556. The third-order valence-corrected chi connectivity index (χ3v) is 3.78. The van der Waals surface area contributed by atoms with Crippen molar-refractivity contribution < 1.29 is 13.6 Å². The van der Waals surface area contributed by atoms with Crippen molar-refractivity contribution in [1.29, 1.82) is 0 Å². The number of aromatic nitrogens is 2. The predicted molar refractivity (Wildman–Crippen MR) is 88.6 cm³/mol. The van der Waals surface area contributed by atoms with Gasteiger partial charge in [-0.3, -0.25) is 4.79 Å². The Labute approximate surface area is 137 Å². The number of fused-ring (bicyclic) bond motifs is 1. The fourth-order valence-electron chi connectivity index (χ4n) is 2.61. The molecule has 0 radical (unpaired) electrons. The number of hydrogen-bond donors (Lipinski definition) is 1. The van der Waals surface area contributed by atoms with E-state index in [-0.39, 0.29) is 5.91 Å². The molecular weight excluding hydrogens is 306 g/mol. The summed E-state index contributed by atoms with van der Waals surface area (Å²) in [5, 5.41) is 11.3. The molecule has 0 unspecified atom stereocenters. The lowest BCUT2D eigenvalue weighted by Gasteiger charge is -2.05. The Balaban J connectivity index is 1.64. The Bertz CT molecular complexity index is 1020. The summed E-state index contributed by atoms with van der Waals surface area (Å²) in [4.78, 5) is 12.5. The second kappa shape index (κ2) is 5.66. The van der Waals surface area contributed by atoms with Gasteiger partial charge < -0.3 is 14.2 Å². The first-order valence-electron chi connectivity index (χ1n) is 7.38. The predicted octanol–water partition coefficient (Wildman–Crippen LogP) is 4.04. The molecule has 6 nitrogen and oxygen atoms in total. The highest BCUT2D eigenvalue weighted by Gasteiger charge is 2.17. The topological polar surface area (TPSA) is 81.2 Å². The van der Waals surface area contributed by atoms with Crippen molar-refractivity contribution in [2.45, 2.75) is 6.92 Å². The molecule has 4 aromatic rings. The van der Waals surface area contributed by atoms with Crippen molar-refractivity contribution in [1.82, 2.24) is 10.2 Å². The van der Waals surface area contributed by atoms with Crippen LogP contribution in [0.3, 0.4) is 0 Å². The molecule has 0 saturated heterocycles. The van der Waals surface area contributed by atoms with E-state index >= 15 is 0 Å². The Kier molecular flexibility index (Phi) is 3.35. The van der Waals surface area contributed by atoms with Gasteiger partial charge in [-0.05, 0) is 31.2 Å². The number of carbonyl (C=O) groups excluding carboxylic acids is 1. The van der Waals surface area contributed by atoms with Crippen LogP contribution in [0.4, 0.5) is 5.69 Å². The van der Waals surface area contributed by atoms with Gasteiger partial charge in [-0.15, -0.1) is 10.2 Å². The smallest absolute Gasteiger partial charge is 0.291 e. The number of amides is 1. The highest BCUT2D eigenvalue weighted by Crippen LogP contribution is 2.26. The van der Waals surface area contributed by atoms with Crippen molar-refractivity contribution in [2.75, 3.05) is 5.32 Å². The van der Waals surface area contributed by atoms with Crippen LogP contribution in [0.15, 0.2) is 63.8 Å². The van der Waals surface area contributed by atoms with E-state index in [9.17, 15) is 4.79 Å². The van der Waals surface area contributed by atoms with Crippen molar-refractivity contribution >= 4 is 22.6 Å². The molecule has 0 atom stereocenters. The number of nitrogens with one attached hydrogen (secondary N) is 1. The van der Waals surface area contributed by atoms with Gasteiger partial charge >= 0.3 is 0 Å². The average molecular weight is 319 g/mol. The molecule has 0 bridgehead atoms. The van der Waals surface area contributed by atoms with E-state index in [0.29, 0.717) is 22.9 Å². The molecule has 118 valence electrons. The summed E-state index contributed by atoms with van der Waals surface area (Å²) in [5.41, 5.74) is 2.86. The summed E-state index contributed by atoms with van der Waals surface area (Å²) in [7, 11) is 0. The lowest BCUT2D eigenvalue weighted by atomic mass is 10.1. The summed E-state index contributed by atoms with van der Waals surface area (Å²) in [6, 6.07) is 14.8. The maximum Gasteiger partial charge on any atom is 0.291 e. The monoisotopic (exact) mass is 319 g/mol. The van der Waals surface area contributed by atoms with Gasteiger partial charge in [-0.1, -0.05) is 24.3 Å². The molecule has 2 heterocycles. The number of nitrogens with zero attached hydrogens (tertiary/aromatic N) is 2. The summed E-state index contributed by atoms with van der Waals surface area (Å²) in [6.07, 6.45) is 1.26. The van der Waals surface area contributed by atoms with E-state index in [2.05, 4.69) is 15.5 Å². The quantitative estimate of drug-likeness (QED) is 0.616. The third kappa shape index (κ3) is 2.44. The fourth-order valence-corrected chi connectivity index (χ4v) is 2.61. The summed E-state index contributed by atoms with van der Waals surface area (Å²) >= 11 is 0. The van der Waals surface area contributed by atoms with Crippen LogP contribution in [0.1, 0.15) is 16.1 Å². The molecule has 24 heavy (non-hydrogen) atoms. The van der Waals surface area contributed by atoms with Crippen LogP contribution >= 0.6 is 0 Å². The zero-order chi connectivity index (χ0) is 16.5. The van der Waals surface area contributed by atoms with Gasteiger partial charge in [0.15, 0.2) is 5.76 Å². The zero-order valence-electron chi connectivity index (χ0n) is 12.8. The Hall–Kier alpha value is -3.41. The Morgan fingerprint density at radius 1 is 1.12 bits per heavy atom. The SMILES string of the molecule is Cc1c(C(=O)Nc2cccc(-c3nnco3)c2)oc2ccccc12. The van der Waals surface area contributed by atoms with E-state index in [4.69, 9.17) is 8.83 Å². The molecule has 1 amide bonds. The number of aryl methyl sites for hydroxylation is 1. The van der Waals surface area contributed by atoms with Crippen molar-refractivity contribution in [3.05, 3.63) is 66.2 Å². The van der Waals surface area contributed by atoms with E-state index < -0.39 is 0 Å². The van der Waals surface area contributed by atoms with E-state index in [1.54, 1.807) is 18.2 Å². The molecule has 0 aliphatic carbocycles. The van der Waals surface area contributed by atoms with Crippen LogP contribution in [0, 0.1) is 6.92 Å². The largest absolute Gasteiger partial charge is 0.451 e. The van der Waals surface area contributed by atoms with Gasteiger partial charge in [0, 0.05) is 22.2 Å². The van der Waals surface area contributed by atoms with Crippen LogP contribution in [0.5, 0.6) is 0 Å². The standard InChI is InChI=1S/C18H13N3O3/c1-11-14-7-2-3-8-15(14)24-16(11)17(22)20-13-6-4-5-12(9-13)18-21-19-10-23-18/h2-10H,1H3,(H,20,22). The van der Waals surface area contributed by atoms with Crippen molar-refractivity contribution in [3.8, 4) is 11.5 Å². The normalized spacial score (nSPS) is 10.9.